The fourth-order valence-electron chi connectivity index (χ4n) is 2.64. The zero-order chi connectivity index (χ0) is 16.2. The van der Waals surface area contributed by atoms with E-state index in [0.717, 1.165) is 30.2 Å². The highest BCUT2D eigenvalue weighted by atomic mass is 32.2. The minimum Gasteiger partial charge on any atom is -0.370 e. The van der Waals surface area contributed by atoms with Crippen LogP contribution < -0.4 is 5.73 Å². The smallest absolute Gasteiger partial charge is 0.219 e. The number of aromatic nitrogens is 3. The Morgan fingerprint density at radius 2 is 2.09 bits per heavy atom. The molecule has 0 spiro atoms. The lowest BCUT2D eigenvalue weighted by molar-refractivity contribution is -0.118. The average molecular weight is 330 g/mol. The van der Waals surface area contributed by atoms with Crippen LogP contribution in [0, 0.1) is 0 Å². The number of carbonyl (C=O) groups excluding carboxylic acids is 1. The first-order valence-corrected chi connectivity index (χ1v) is 9.00. The van der Waals surface area contributed by atoms with E-state index in [2.05, 4.69) is 46.0 Å². The van der Waals surface area contributed by atoms with Gasteiger partial charge in [0.05, 0.1) is 0 Å². The molecule has 1 heterocycles. The average Bonchev–Trinajstić information content (AvgIpc) is 3.33. The summed E-state index contributed by atoms with van der Waals surface area (Å²) in [6.07, 6.45) is 3.66. The molecule has 2 N–H and O–H groups in total. The van der Waals surface area contributed by atoms with Crippen molar-refractivity contribution in [2.24, 2.45) is 5.73 Å². The van der Waals surface area contributed by atoms with Crippen molar-refractivity contribution in [1.29, 1.82) is 0 Å². The van der Waals surface area contributed by atoms with Gasteiger partial charge in [-0.15, -0.1) is 10.2 Å². The molecule has 122 valence electrons. The van der Waals surface area contributed by atoms with Gasteiger partial charge in [0.2, 0.25) is 5.91 Å². The first kappa shape index (κ1) is 16.1. The van der Waals surface area contributed by atoms with Crippen LogP contribution in [0.25, 0.3) is 0 Å². The van der Waals surface area contributed by atoms with E-state index in [1.807, 2.05) is 6.07 Å². The summed E-state index contributed by atoms with van der Waals surface area (Å²) in [5.41, 5.74) is 6.61. The Hall–Kier alpha value is -1.82. The molecule has 1 aliphatic carbocycles. The maximum atomic E-state index is 11.2. The molecule has 6 heteroatoms. The van der Waals surface area contributed by atoms with Gasteiger partial charge in [0, 0.05) is 24.1 Å². The molecule has 1 fully saturated rings. The molecule has 1 atom stereocenters. The monoisotopic (exact) mass is 330 g/mol. The molecule has 1 aliphatic rings. The molecule has 1 amide bonds. The second-order valence-corrected chi connectivity index (χ2v) is 7.08. The SMILES string of the molecule is CC[C@H](Sc1nnc(C2CC2)n1CCC(N)=O)c1ccccc1. The van der Waals surface area contributed by atoms with Gasteiger partial charge in [-0.3, -0.25) is 4.79 Å². The number of rotatable bonds is 8. The van der Waals surface area contributed by atoms with E-state index < -0.39 is 0 Å². The quantitative estimate of drug-likeness (QED) is 0.754. The molecule has 1 saturated carbocycles. The van der Waals surface area contributed by atoms with Crippen molar-refractivity contribution in [2.75, 3.05) is 0 Å². The maximum Gasteiger partial charge on any atom is 0.219 e. The summed E-state index contributed by atoms with van der Waals surface area (Å²) in [7, 11) is 0. The van der Waals surface area contributed by atoms with E-state index in [0.29, 0.717) is 24.1 Å². The molecule has 0 saturated heterocycles. The molecular weight excluding hydrogens is 308 g/mol. The van der Waals surface area contributed by atoms with E-state index in [1.54, 1.807) is 11.8 Å². The van der Waals surface area contributed by atoms with Crippen LogP contribution >= 0.6 is 11.8 Å². The largest absolute Gasteiger partial charge is 0.370 e. The van der Waals surface area contributed by atoms with Crippen molar-refractivity contribution in [3.05, 3.63) is 41.7 Å². The van der Waals surface area contributed by atoms with Crippen molar-refractivity contribution >= 4 is 17.7 Å². The van der Waals surface area contributed by atoms with E-state index in [-0.39, 0.29) is 5.91 Å². The van der Waals surface area contributed by atoms with Gasteiger partial charge in [-0.05, 0) is 24.8 Å². The molecule has 0 aliphatic heterocycles. The zero-order valence-electron chi connectivity index (χ0n) is 13.3. The highest BCUT2D eigenvalue weighted by Gasteiger charge is 2.31. The minimum absolute atomic E-state index is 0.286. The number of carbonyl (C=O) groups is 1. The lowest BCUT2D eigenvalue weighted by atomic mass is 10.1. The van der Waals surface area contributed by atoms with Gasteiger partial charge in [-0.25, -0.2) is 0 Å². The molecular formula is C17H22N4OS. The fourth-order valence-corrected chi connectivity index (χ4v) is 3.76. The predicted octanol–water partition coefficient (Wildman–Crippen LogP) is 3.27. The number of nitrogens with zero attached hydrogens (tertiary/aromatic N) is 3. The molecule has 1 aromatic heterocycles. The Balaban J connectivity index is 1.82. The second-order valence-electron chi connectivity index (χ2n) is 5.91. The third-order valence-electron chi connectivity index (χ3n) is 4.06. The number of nitrogens with two attached hydrogens (primary N) is 1. The van der Waals surface area contributed by atoms with Crippen LogP contribution in [0.15, 0.2) is 35.5 Å². The summed E-state index contributed by atoms with van der Waals surface area (Å²) in [5.74, 6) is 1.23. The number of primary amides is 1. The topological polar surface area (TPSA) is 73.8 Å². The van der Waals surface area contributed by atoms with Crippen LogP contribution in [0.4, 0.5) is 0 Å². The highest BCUT2D eigenvalue weighted by Crippen LogP contribution is 2.42. The second kappa shape index (κ2) is 7.17. The maximum absolute atomic E-state index is 11.2. The molecule has 2 aromatic rings. The molecule has 0 unspecified atom stereocenters. The lowest BCUT2D eigenvalue weighted by Gasteiger charge is -2.15. The van der Waals surface area contributed by atoms with Crippen molar-refractivity contribution in [3.8, 4) is 0 Å². The van der Waals surface area contributed by atoms with Crippen molar-refractivity contribution in [1.82, 2.24) is 14.8 Å². The molecule has 3 rings (SSSR count). The Bertz CT molecular complexity index is 666. The summed E-state index contributed by atoms with van der Waals surface area (Å²) < 4.78 is 2.10. The summed E-state index contributed by atoms with van der Waals surface area (Å²) in [4.78, 5) is 11.2. The van der Waals surface area contributed by atoms with Gasteiger partial charge < -0.3 is 10.3 Å². The number of thioether (sulfide) groups is 1. The first-order chi connectivity index (χ1) is 11.2. The Labute approximate surface area is 140 Å². The third kappa shape index (κ3) is 3.93. The van der Waals surface area contributed by atoms with Gasteiger partial charge in [-0.1, -0.05) is 49.0 Å². The summed E-state index contributed by atoms with van der Waals surface area (Å²) in [6, 6.07) is 10.4. The van der Waals surface area contributed by atoms with Crippen LogP contribution in [0.2, 0.25) is 0 Å². The summed E-state index contributed by atoms with van der Waals surface area (Å²) in [5, 5.41) is 10.00. The standard InChI is InChI=1S/C17H22N4OS/c1-2-14(12-6-4-3-5-7-12)23-17-20-19-16(13-8-9-13)21(17)11-10-15(18)22/h3-7,13-14H,2,8-11H2,1H3,(H2,18,22)/t14-/m0/s1. The summed E-state index contributed by atoms with van der Waals surface area (Å²) >= 11 is 1.72. The Morgan fingerprint density at radius 1 is 1.35 bits per heavy atom. The minimum atomic E-state index is -0.286. The molecule has 0 bridgehead atoms. The third-order valence-corrected chi connectivity index (χ3v) is 5.46. The van der Waals surface area contributed by atoms with Crippen LogP contribution in [0.1, 0.15) is 55.2 Å². The van der Waals surface area contributed by atoms with Crippen LogP contribution in [-0.4, -0.2) is 20.7 Å². The normalized spacial score (nSPS) is 15.5. The fraction of sp³-hybridized carbons (Fsp3) is 0.471. The van der Waals surface area contributed by atoms with Gasteiger partial charge in [-0.2, -0.15) is 0 Å². The number of benzene rings is 1. The van der Waals surface area contributed by atoms with E-state index >= 15 is 0 Å². The van der Waals surface area contributed by atoms with E-state index in [9.17, 15) is 4.79 Å². The van der Waals surface area contributed by atoms with Gasteiger partial charge in [0.25, 0.3) is 0 Å². The molecule has 1 aromatic carbocycles. The number of hydrogen-bond donors (Lipinski definition) is 1. The lowest BCUT2D eigenvalue weighted by Crippen LogP contribution is -2.15. The first-order valence-electron chi connectivity index (χ1n) is 8.12. The van der Waals surface area contributed by atoms with Gasteiger partial charge in [0.15, 0.2) is 5.16 Å². The van der Waals surface area contributed by atoms with Gasteiger partial charge >= 0.3 is 0 Å². The Morgan fingerprint density at radius 3 is 2.70 bits per heavy atom. The van der Waals surface area contributed by atoms with Crippen molar-refractivity contribution in [2.45, 2.75) is 55.5 Å². The van der Waals surface area contributed by atoms with Gasteiger partial charge in [0.1, 0.15) is 5.82 Å². The van der Waals surface area contributed by atoms with E-state index in [4.69, 9.17) is 5.73 Å². The number of hydrogen-bond acceptors (Lipinski definition) is 4. The molecule has 0 radical (unpaired) electrons. The number of amides is 1. The highest BCUT2D eigenvalue weighted by molar-refractivity contribution is 7.99. The molecule has 5 nitrogen and oxygen atoms in total. The van der Waals surface area contributed by atoms with E-state index in [1.165, 1.54) is 5.56 Å². The molecule has 23 heavy (non-hydrogen) atoms. The van der Waals surface area contributed by atoms with Crippen LogP contribution in [0.5, 0.6) is 0 Å². The van der Waals surface area contributed by atoms with Crippen LogP contribution in [0.3, 0.4) is 0 Å². The predicted molar refractivity (Wildman–Crippen MR) is 91.1 cm³/mol. The van der Waals surface area contributed by atoms with Crippen molar-refractivity contribution < 1.29 is 4.79 Å². The summed E-state index contributed by atoms with van der Waals surface area (Å²) in [6.45, 7) is 2.75. The Kier molecular flexibility index (Phi) is 5.00. The van der Waals surface area contributed by atoms with Crippen LogP contribution in [-0.2, 0) is 11.3 Å². The zero-order valence-corrected chi connectivity index (χ0v) is 14.1. The van der Waals surface area contributed by atoms with Crippen molar-refractivity contribution in [3.63, 3.8) is 0 Å².